The van der Waals surface area contributed by atoms with E-state index < -0.39 is 0 Å². The summed E-state index contributed by atoms with van der Waals surface area (Å²) in [5.74, 6) is 1.73. The normalized spacial score (nSPS) is 13.0. The van der Waals surface area contributed by atoms with Crippen molar-refractivity contribution in [1.82, 2.24) is 14.5 Å². The Morgan fingerprint density at radius 1 is 0.542 bits per heavy atom. The first-order valence-corrected chi connectivity index (χ1v) is 16.5. The first kappa shape index (κ1) is 26.9. The van der Waals surface area contributed by atoms with Gasteiger partial charge in [0.15, 0.2) is 5.82 Å². The number of nitrogens with zero attached hydrogens (tertiary/aromatic N) is 3. The molecular weight excluding hydrogens is 587 g/mol. The molecule has 1 aliphatic rings. The van der Waals surface area contributed by atoms with Crippen molar-refractivity contribution in [2.75, 3.05) is 0 Å². The summed E-state index contributed by atoms with van der Waals surface area (Å²) in [6.07, 6.45) is 4.00. The molecule has 0 radical (unpaired) electrons. The minimum Gasteiger partial charge on any atom is -0.460 e. The third-order valence-electron chi connectivity index (χ3n) is 9.66. The second-order valence-corrected chi connectivity index (χ2v) is 12.5. The van der Waals surface area contributed by atoms with E-state index in [2.05, 4.69) is 144 Å². The van der Waals surface area contributed by atoms with Crippen molar-refractivity contribution < 1.29 is 4.42 Å². The maximum absolute atomic E-state index is 6.67. The number of para-hydroxylation sites is 2. The average molecular weight is 616 g/mol. The molecule has 48 heavy (non-hydrogen) atoms. The highest BCUT2D eigenvalue weighted by Crippen LogP contribution is 2.41. The quantitative estimate of drug-likeness (QED) is 0.198. The molecule has 3 aromatic heterocycles. The molecule has 0 aliphatic heterocycles. The maximum atomic E-state index is 6.67. The summed E-state index contributed by atoms with van der Waals surface area (Å²) >= 11 is 0. The Morgan fingerprint density at radius 3 is 2.12 bits per heavy atom. The number of hydrogen-bond donors (Lipinski definition) is 0. The molecule has 0 fully saturated rings. The van der Waals surface area contributed by atoms with Gasteiger partial charge in [-0.3, -0.25) is 0 Å². The number of benzene rings is 6. The van der Waals surface area contributed by atoms with Crippen LogP contribution in [0.4, 0.5) is 0 Å². The van der Waals surface area contributed by atoms with Crippen molar-refractivity contribution in [3.05, 3.63) is 169 Å². The number of rotatable bonds is 4. The summed E-state index contributed by atoms with van der Waals surface area (Å²) < 4.78 is 9.03. The van der Waals surface area contributed by atoms with Gasteiger partial charge in [0.2, 0.25) is 0 Å². The number of aryl methyl sites for hydroxylation is 1. The Morgan fingerprint density at radius 2 is 1.27 bits per heavy atom. The van der Waals surface area contributed by atoms with E-state index in [0.717, 1.165) is 74.4 Å². The molecule has 0 spiro atoms. The molecular formula is C44H29N3O. The average Bonchev–Trinajstić information content (AvgIpc) is 3.70. The van der Waals surface area contributed by atoms with Crippen LogP contribution in [0.15, 0.2) is 156 Å². The maximum Gasteiger partial charge on any atom is 0.160 e. The predicted octanol–water partition coefficient (Wildman–Crippen LogP) is 11.2. The first-order chi connectivity index (χ1) is 23.8. The van der Waals surface area contributed by atoms with Gasteiger partial charge >= 0.3 is 0 Å². The zero-order chi connectivity index (χ0) is 31.6. The van der Waals surface area contributed by atoms with Crippen LogP contribution in [0.5, 0.6) is 0 Å². The number of aromatic nitrogens is 3. The van der Waals surface area contributed by atoms with E-state index in [1.165, 1.54) is 32.9 Å². The number of hydrogen-bond acceptors (Lipinski definition) is 3. The zero-order valence-corrected chi connectivity index (χ0v) is 26.1. The summed E-state index contributed by atoms with van der Waals surface area (Å²) in [6, 6.07) is 51.3. The van der Waals surface area contributed by atoms with Gasteiger partial charge in [-0.05, 0) is 53.9 Å². The van der Waals surface area contributed by atoms with E-state index in [0.29, 0.717) is 0 Å². The van der Waals surface area contributed by atoms with Gasteiger partial charge in [0.25, 0.3) is 0 Å². The third kappa shape index (κ3) is 4.16. The SMILES string of the molecule is C1=C(c2nc(-c3ccccc3)c3ccccc3n2)c2c(oc3cc(-n4c5ccccc5c5cc(-c6ccccc6)ccc54)ccc23)CC1. The van der Waals surface area contributed by atoms with Crippen LogP contribution in [0.2, 0.25) is 0 Å². The lowest BCUT2D eigenvalue weighted by molar-refractivity contribution is 0.545. The fourth-order valence-electron chi connectivity index (χ4n) is 7.47. The van der Waals surface area contributed by atoms with E-state index in [-0.39, 0.29) is 0 Å². The Labute approximate surface area is 277 Å². The summed E-state index contributed by atoms with van der Waals surface area (Å²) in [6.45, 7) is 0. The zero-order valence-electron chi connectivity index (χ0n) is 26.1. The highest BCUT2D eigenvalue weighted by molar-refractivity contribution is 6.11. The standard InChI is InChI=1S/C44H29N3O/c1-3-12-28(13-4-1)30-22-25-39-36(26-30)32-16-8-10-20-38(32)47(39)31-23-24-34-41(27-31)48-40-21-11-18-35(42(34)40)44-45-37-19-9-7-17-33(37)43(46-44)29-14-5-2-6-15-29/h1-10,12-20,22-27H,11,21H2. The van der Waals surface area contributed by atoms with E-state index in [9.17, 15) is 0 Å². The second-order valence-electron chi connectivity index (χ2n) is 12.5. The van der Waals surface area contributed by atoms with Crippen molar-refractivity contribution in [1.29, 1.82) is 0 Å². The molecule has 226 valence electrons. The van der Waals surface area contributed by atoms with Gasteiger partial charge in [-0.1, -0.05) is 109 Å². The summed E-state index contributed by atoms with van der Waals surface area (Å²) in [5, 5.41) is 4.60. The van der Waals surface area contributed by atoms with Crippen molar-refractivity contribution in [3.8, 4) is 28.1 Å². The molecule has 4 heteroatoms. The Kier molecular flexibility index (Phi) is 5.97. The highest BCUT2D eigenvalue weighted by atomic mass is 16.3. The molecule has 3 heterocycles. The van der Waals surface area contributed by atoms with E-state index in [1.807, 2.05) is 12.1 Å². The fraction of sp³-hybridized carbons (Fsp3) is 0.0455. The lowest BCUT2D eigenvalue weighted by Gasteiger charge is -2.15. The number of fused-ring (bicyclic) bond motifs is 7. The van der Waals surface area contributed by atoms with Gasteiger partial charge in [0.1, 0.15) is 11.3 Å². The largest absolute Gasteiger partial charge is 0.460 e. The molecule has 10 rings (SSSR count). The van der Waals surface area contributed by atoms with Crippen LogP contribution in [0.25, 0.3) is 77.3 Å². The van der Waals surface area contributed by atoms with Crippen molar-refractivity contribution in [3.63, 3.8) is 0 Å². The summed E-state index contributed by atoms with van der Waals surface area (Å²) in [7, 11) is 0. The van der Waals surface area contributed by atoms with E-state index in [1.54, 1.807) is 0 Å². The molecule has 0 saturated carbocycles. The van der Waals surface area contributed by atoms with Gasteiger partial charge in [0.05, 0.1) is 22.2 Å². The molecule has 6 aromatic carbocycles. The van der Waals surface area contributed by atoms with Gasteiger partial charge in [0, 0.05) is 56.4 Å². The number of furan rings is 1. The minimum atomic E-state index is 0.733. The summed E-state index contributed by atoms with van der Waals surface area (Å²) in [5.41, 5.74) is 11.8. The van der Waals surface area contributed by atoms with Crippen molar-refractivity contribution in [2.45, 2.75) is 12.8 Å². The third-order valence-corrected chi connectivity index (χ3v) is 9.66. The predicted molar refractivity (Wildman–Crippen MR) is 196 cm³/mol. The Hall–Kier alpha value is -6.26. The molecule has 0 amide bonds. The van der Waals surface area contributed by atoms with Crippen LogP contribution in [-0.2, 0) is 6.42 Å². The molecule has 4 nitrogen and oxygen atoms in total. The van der Waals surface area contributed by atoms with Gasteiger partial charge in [-0.15, -0.1) is 0 Å². The summed E-state index contributed by atoms with van der Waals surface area (Å²) in [4.78, 5) is 10.3. The highest BCUT2D eigenvalue weighted by Gasteiger charge is 2.25. The molecule has 0 unspecified atom stereocenters. The topological polar surface area (TPSA) is 43.9 Å². The van der Waals surface area contributed by atoms with E-state index in [4.69, 9.17) is 14.4 Å². The number of allylic oxidation sites excluding steroid dienone is 1. The van der Waals surface area contributed by atoms with Crippen LogP contribution in [0.3, 0.4) is 0 Å². The van der Waals surface area contributed by atoms with Gasteiger partial charge in [-0.25, -0.2) is 9.97 Å². The molecule has 0 N–H and O–H groups in total. The van der Waals surface area contributed by atoms with E-state index >= 15 is 0 Å². The van der Waals surface area contributed by atoms with Crippen molar-refractivity contribution >= 4 is 49.3 Å². The van der Waals surface area contributed by atoms with Crippen LogP contribution >= 0.6 is 0 Å². The van der Waals surface area contributed by atoms with Crippen molar-refractivity contribution in [2.24, 2.45) is 0 Å². The van der Waals surface area contributed by atoms with Crippen LogP contribution in [0, 0.1) is 0 Å². The lowest BCUT2D eigenvalue weighted by atomic mass is 9.93. The molecule has 0 saturated heterocycles. The first-order valence-electron chi connectivity index (χ1n) is 16.5. The molecule has 9 aromatic rings. The van der Waals surface area contributed by atoms with Crippen LogP contribution in [-0.4, -0.2) is 14.5 Å². The lowest BCUT2D eigenvalue weighted by Crippen LogP contribution is -2.04. The van der Waals surface area contributed by atoms with Gasteiger partial charge in [-0.2, -0.15) is 0 Å². The second kappa shape index (κ2) is 10.6. The monoisotopic (exact) mass is 615 g/mol. The molecule has 0 bridgehead atoms. The van der Waals surface area contributed by atoms with Crippen LogP contribution in [0.1, 0.15) is 23.6 Å². The van der Waals surface area contributed by atoms with Gasteiger partial charge < -0.3 is 8.98 Å². The van der Waals surface area contributed by atoms with Crippen LogP contribution < -0.4 is 0 Å². The molecule has 1 aliphatic carbocycles. The Balaban J connectivity index is 1.13. The Bertz CT molecular complexity index is 2720. The minimum absolute atomic E-state index is 0.733. The smallest absolute Gasteiger partial charge is 0.160 e. The fourth-order valence-corrected chi connectivity index (χ4v) is 7.47. The molecule has 0 atom stereocenters.